The summed E-state index contributed by atoms with van der Waals surface area (Å²) in [7, 11) is 0. The first-order valence-electron chi connectivity index (χ1n) is 5.50. The maximum Gasteiger partial charge on any atom is 0.234 e. The van der Waals surface area contributed by atoms with Gasteiger partial charge in [-0.3, -0.25) is 9.69 Å². The Kier molecular flexibility index (Phi) is 5.01. The number of aliphatic hydroxyl groups excluding tert-OH is 1. The van der Waals surface area contributed by atoms with E-state index in [4.69, 9.17) is 10.8 Å². The minimum atomic E-state index is -0.162. The lowest BCUT2D eigenvalue weighted by Gasteiger charge is -2.29. The van der Waals surface area contributed by atoms with E-state index in [0.29, 0.717) is 12.6 Å². The normalized spacial score (nSPS) is 21.3. The van der Waals surface area contributed by atoms with Gasteiger partial charge in [-0.25, -0.2) is 0 Å². The topological polar surface area (TPSA) is 78.6 Å². The van der Waals surface area contributed by atoms with Crippen molar-refractivity contribution >= 4 is 5.91 Å². The smallest absolute Gasteiger partial charge is 0.234 e. The van der Waals surface area contributed by atoms with E-state index in [2.05, 4.69) is 10.2 Å². The van der Waals surface area contributed by atoms with E-state index in [9.17, 15) is 4.79 Å². The first kappa shape index (κ1) is 12.4. The number of carbonyl (C=O) groups is 1. The molecule has 0 aromatic rings. The number of rotatable bonds is 4. The van der Waals surface area contributed by atoms with Crippen molar-refractivity contribution in [2.45, 2.75) is 31.8 Å². The number of nitrogens with one attached hydrogen (secondary N) is 1. The Morgan fingerprint density at radius 3 is 2.73 bits per heavy atom. The molecule has 1 aliphatic rings. The first-order chi connectivity index (χ1) is 7.11. The summed E-state index contributed by atoms with van der Waals surface area (Å²) in [5.41, 5.74) is 5.77. The molecule has 4 N–H and O–H groups in total. The molecule has 15 heavy (non-hydrogen) atoms. The molecule has 5 heteroatoms. The highest BCUT2D eigenvalue weighted by Gasteiger charge is 2.18. The fourth-order valence-electron chi connectivity index (χ4n) is 1.68. The lowest BCUT2D eigenvalue weighted by atomic mass is 10.1. The summed E-state index contributed by atoms with van der Waals surface area (Å²) in [5, 5.41) is 11.5. The fourth-order valence-corrected chi connectivity index (χ4v) is 1.68. The summed E-state index contributed by atoms with van der Waals surface area (Å²) in [4.78, 5) is 13.6. The third-order valence-electron chi connectivity index (χ3n) is 2.68. The van der Waals surface area contributed by atoms with Crippen LogP contribution in [0.2, 0.25) is 0 Å². The molecule has 0 spiro atoms. The van der Waals surface area contributed by atoms with Crippen LogP contribution in [-0.2, 0) is 4.79 Å². The number of amides is 1. The number of nitrogens with two attached hydrogens (primary N) is 1. The largest absolute Gasteiger partial charge is 0.394 e. The molecule has 0 aromatic carbocycles. The highest BCUT2D eigenvalue weighted by Crippen LogP contribution is 2.07. The highest BCUT2D eigenvalue weighted by molar-refractivity contribution is 5.78. The van der Waals surface area contributed by atoms with Gasteiger partial charge < -0.3 is 16.2 Å². The molecule has 5 nitrogen and oxygen atoms in total. The second-order valence-electron chi connectivity index (χ2n) is 4.26. The zero-order valence-corrected chi connectivity index (χ0v) is 9.28. The monoisotopic (exact) mass is 215 g/mol. The number of carbonyl (C=O) groups excluding carboxylic acids is 1. The van der Waals surface area contributed by atoms with Crippen molar-refractivity contribution in [2.75, 3.05) is 26.2 Å². The summed E-state index contributed by atoms with van der Waals surface area (Å²) in [6.45, 7) is 3.96. The van der Waals surface area contributed by atoms with E-state index in [1.165, 1.54) is 0 Å². The molecule has 88 valence electrons. The summed E-state index contributed by atoms with van der Waals surface area (Å²) in [5.74, 6) is -0.0213. The lowest BCUT2D eigenvalue weighted by Crippen LogP contribution is -2.46. The number of nitrogens with zero attached hydrogens (tertiary/aromatic N) is 1. The van der Waals surface area contributed by atoms with E-state index in [1.807, 2.05) is 0 Å². The first-order valence-corrected chi connectivity index (χ1v) is 5.50. The molecule has 1 rings (SSSR count). The molecule has 0 saturated carbocycles. The Labute approximate surface area is 90.6 Å². The van der Waals surface area contributed by atoms with Crippen LogP contribution in [0.25, 0.3) is 0 Å². The minimum Gasteiger partial charge on any atom is -0.394 e. The number of likely N-dealkylation sites (tertiary alicyclic amines) is 1. The van der Waals surface area contributed by atoms with Crippen LogP contribution in [0.4, 0.5) is 0 Å². The maximum absolute atomic E-state index is 11.5. The highest BCUT2D eigenvalue weighted by atomic mass is 16.3. The summed E-state index contributed by atoms with van der Waals surface area (Å²) in [6.07, 6.45) is 1.92. The molecule has 0 aliphatic carbocycles. The Balaban J connectivity index is 2.20. The Bertz CT molecular complexity index is 203. The minimum absolute atomic E-state index is 0.0172. The molecule has 1 amide bonds. The Hall–Kier alpha value is -0.650. The van der Waals surface area contributed by atoms with Crippen LogP contribution in [-0.4, -0.2) is 54.2 Å². The van der Waals surface area contributed by atoms with Crippen molar-refractivity contribution < 1.29 is 9.90 Å². The third-order valence-corrected chi connectivity index (χ3v) is 2.68. The second kappa shape index (κ2) is 6.05. The van der Waals surface area contributed by atoms with Gasteiger partial charge in [0.25, 0.3) is 0 Å². The number of piperidine rings is 1. The standard InChI is InChI=1S/C10H21N3O2/c1-8(7-14)12-10(15)6-13-4-2-9(11)3-5-13/h8-9,14H,2-7,11H2,1H3,(H,12,15). The van der Waals surface area contributed by atoms with E-state index >= 15 is 0 Å². The SMILES string of the molecule is CC(CO)NC(=O)CN1CCC(N)CC1. The number of hydrogen-bond donors (Lipinski definition) is 3. The number of aliphatic hydroxyl groups is 1. The van der Waals surface area contributed by atoms with Crippen molar-refractivity contribution in [3.8, 4) is 0 Å². The van der Waals surface area contributed by atoms with Crippen LogP contribution < -0.4 is 11.1 Å². The van der Waals surface area contributed by atoms with Crippen LogP contribution in [0.15, 0.2) is 0 Å². The lowest BCUT2D eigenvalue weighted by molar-refractivity contribution is -0.123. The van der Waals surface area contributed by atoms with Crippen LogP contribution in [0, 0.1) is 0 Å². The summed E-state index contributed by atoms with van der Waals surface area (Å²) < 4.78 is 0. The fraction of sp³-hybridized carbons (Fsp3) is 0.900. The second-order valence-corrected chi connectivity index (χ2v) is 4.26. The van der Waals surface area contributed by atoms with Gasteiger partial charge in [-0.1, -0.05) is 0 Å². The van der Waals surface area contributed by atoms with E-state index in [1.54, 1.807) is 6.92 Å². The van der Waals surface area contributed by atoms with Crippen molar-refractivity contribution in [1.82, 2.24) is 10.2 Å². The molecular weight excluding hydrogens is 194 g/mol. The molecule has 1 aliphatic heterocycles. The van der Waals surface area contributed by atoms with Crippen molar-refractivity contribution in [3.05, 3.63) is 0 Å². The third kappa shape index (κ3) is 4.59. The Morgan fingerprint density at radius 2 is 2.20 bits per heavy atom. The van der Waals surface area contributed by atoms with E-state index < -0.39 is 0 Å². The van der Waals surface area contributed by atoms with Crippen molar-refractivity contribution in [2.24, 2.45) is 5.73 Å². The number of hydrogen-bond acceptors (Lipinski definition) is 4. The van der Waals surface area contributed by atoms with Crippen LogP contribution in [0.1, 0.15) is 19.8 Å². The van der Waals surface area contributed by atoms with Crippen LogP contribution in [0.5, 0.6) is 0 Å². The predicted octanol–water partition coefficient (Wildman–Crippen LogP) is -1.09. The van der Waals surface area contributed by atoms with Crippen molar-refractivity contribution in [3.63, 3.8) is 0 Å². The predicted molar refractivity (Wildman–Crippen MR) is 58.3 cm³/mol. The van der Waals surface area contributed by atoms with E-state index in [-0.39, 0.29) is 18.6 Å². The van der Waals surface area contributed by atoms with Gasteiger partial charge in [0.2, 0.25) is 5.91 Å². The molecule has 1 heterocycles. The van der Waals surface area contributed by atoms with Gasteiger partial charge in [-0.15, -0.1) is 0 Å². The molecule has 1 atom stereocenters. The van der Waals surface area contributed by atoms with Gasteiger partial charge >= 0.3 is 0 Å². The van der Waals surface area contributed by atoms with E-state index in [0.717, 1.165) is 25.9 Å². The zero-order chi connectivity index (χ0) is 11.3. The molecule has 0 radical (unpaired) electrons. The van der Waals surface area contributed by atoms with Gasteiger partial charge in [0.15, 0.2) is 0 Å². The molecule has 1 unspecified atom stereocenters. The molecule has 1 saturated heterocycles. The quantitative estimate of drug-likeness (QED) is 0.556. The zero-order valence-electron chi connectivity index (χ0n) is 9.28. The molecule has 0 bridgehead atoms. The van der Waals surface area contributed by atoms with Crippen LogP contribution >= 0.6 is 0 Å². The molecular formula is C10H21N3O2. The summed E-state index contributed by atoms with van der Waals surface area (Å²) in [6, 6.07) is 0.130. The van der Waals surface area contributed by atoms with Gasteiger partial charge in [0, 0.05) is 25.2 Å². The summed E-state index contributed by atoms with van der Waals surface area (Å²) >= 11 is 0. The van der Waals surface area contributed by atoms with Crippen LogP contribution in [0.3, 0.4) is 0 Å². The average molecular weight is 215 g/mol. The van der Waals surface area contributed by atoms with Gasteiger partial charge in [0.1, 0.15) is 0 Å². The maximum atomic E-state index is 11.5. The molecule has 0 aromatic heterocycles. The Morgan fingerprint density at radius 1 is 1.60 bits per heavy atom. The van der Waals surface area contributed by atoms with Gasteiger partial charge in [0.05, 0.1) is 13.2 Å². The average Bonchev–Trinajstić information content (AvgIpc) is 2.21. The van der Waals surface area contributed by atoms with Gasteiger partial charge in [-0.2, -0.15) is 0 Å². The molecule has 1 fully saturated rings. The van der Waals surface area contributed by atoms with Crippen molar-refractivity contribution in [1.29, 1.82) is 0 Å². The van der Waals surface area contributed by atoms with Gasteiger partial charge in [-0.05, 0) is 19.8 Å².